The number of nitrogens with two attached hydrogens (primary N) is 1. The second kappa shape index (κ2) is 4.96. The normalized spacial score (nSPS) is 10.7. The van der Waals surface area contributed by atoms with Gasteiger partial charge in [-0.15, -0.1) is 0 Å². The molecule has 1 aromatic heterocycles. The summed E-state index contributed by atoms with van der Waals surface area (Å²) >= 11 is 0. The van der Waals surface area contributed by atoms with Gasteiger partial charge in [-0.05, 0) is 13.3 Å². The minimum absolute atomic E-state index is 0.261. The van der Waals surface area contributed by atoms with E-state index in [1.807, 2.05) is 20.8 Å². The zero-order valence-electron chi connectivity index (χ0n) is 9.87. The molecule has 84 valence electrons. The van der Waals surface area contributed by atoms with Crippen molar-refractivity contribution in [2.45, 2.75) is 40.0 Å². The fraction of sp³-hybridized carbons (Fsp3) is 0.636. The SMILES string of the molecule is CCCOc1nc(C(C)C)nc(N)c1C. The molecule has 0 aliphatic heterocycles. The Morgan fingerprint density at radius 3 is 2.53 bits per heavy atom. The molecule has 0 saturated carbocycles. The molecule has 0 atom stereocenters. The Hall–Kier alpha value is -1.32. The van der Waals surface area contributed by atoms with Gasteiger partial charge in [0.05, 0.1) is 12.2 Å². The predicted molar refractivity (Wildman–Crippen MR) is 61.1 cm³/mol. The van der Waals surface area contributed by atoms with Crippen LogP contribution in [-0.4, -0.2) is 16.6 Å². The summed E-state index contributed by atoms with van der Waals surface area (Å²) in [7, 11) is 0. The zero-order chi connectivity index (χ0) is 11.4. The summed E-state index contributed by atoms with van der Waals surface area (Å²) in [5.41, 5.74) is 6.63. The maximum Gasteiger partial charge on any atom is 0.221 e. The molecule has 0 bridgehead atoms. The molecule has 0 aliphatic carbocycles. The molecular formula is C11H19N3O. The first kappa shape index (κ1) is 11.8. The van der Waals surface area contributed by atoms with Crippen LogP contribution in [0.15, 0.2) is 0 Å². The number of aromatic nitrogens is 2. The molecule has 1 heterocycles. The second-order valence-electron chi connectivity index (χ2n) is 3.90. The van der Waals surface area contributed by atoms with E-state index in [2.05, 4.69) is 16.9 Å². The molecule has 4 heteroatoms. The van der Waals surface area contributed by atoms with Crippen LogP contribution in [0.25, 0.3) is 0 Å². The Labute approximate surface area is 90.9 Å². The average molecular weight is 209 g/mol. The molecular weight excluding hydrogens is 190 g/mol. The molecule has 0 aliphatic rings. The van der Waals surface area contributed by atoms with Gasteiger partial charge in [0, 0.05) is 5.92 Å². The Bertz CT molecular complexity index is 337. The Morgan fingerprint density at radius 2 is 2.00 bits per heavy atom. The number of ether oxygens (including phenoxy) is 1. The predicted octanol–water partition coefficient (Wildman–Crippen LogP) is 2.28. The first-order valence-corrected chi connectivity index (χ1v) is 5.33. The maximum atomic E-state index is 5.80. The zero-order valence-corrected chi connectivity index (χ0v) is 9.87. The van der Waals surface area contributed by atoms with E-state index in [1.54, 1.807) is 0 Å². The van der Waals surface area contributed by atoms with Crippen molar-refractivity contribution < 1.29 is 4.74 Å². The Morgan fingerprint density at radius 1 is 1.33 bits per heavy atom. The van der Waals surface area contributed by atoms with Gasteiger partial charge in [-0.25, -0.2) is 4.98 Å². The second-order valence-corrected chi connectivity index (χ2v) is 3.90. The van der Waals surface area contributed by atoms with Gasteiger partial charge in [-0.3, -0.25) is 0 Å². The third-order valence-corrected chi connectivity index (χ3v) is 2.12. The lowest BCUT2D eigenvalue weighted by molar-refractivity contribution is 0.301. The molecule has 4 nitrogen and oxygen atoms in total. The van der Waals surface area contributed by atoms with Crippen molar-refractivity contribution >= 4 is 5.82 Å². The quantitative estimate of drug-likeness (QED) is 0.826. The third kappa shape index (κ3) is 2.81. The average Bonchev–Trinajstić information content (AvgIpc) is 2.19. The van der Waals surface area contributed by atoms with E-state index >= 15 is 0 Å². The van der Waals surface area contributed by atoms with Crippen LogP contribution in [-0.2, 0) is 0 Å². The van der Waals surface area contributed by atoms with Crippen LogP contribution in [0.1, 0.15) is 44.5 Å². The molecule has 0 fully saturated rings. The summed E-state index contributed by atoms with van der Waals surface area (Å²) in [5, 5.41) is 0. The molecule has 0 spiro atoms. The van der Waals surface area contributed by atoms with Crippen LogP contribution in [0.3, 0.4) is 0 Å². The van der Waals surface area contributed by atoms with Gasteiger partial charge in [0.1, 0.15) is 11.6 Å². The van der Waals surface area contributed by atoms with Crippen molar-refractivity contribution in [3.8, 4) is 5.88 Å². The Kier molecular flexibility index (Phi) is 3.88. The van der Waals surface area contributed by atoms with Crippen LogP contribution in [0, 0.1) is 6.92 Å². The van der Waals surface area contributed by atoms with E-state index in [0.717, 1.165) is 17.8 Å². The minimum Gasteiger partial charge on any atom is -0.477 e. The number of nitrogens with zero attached hydrogens (tertiary/aromatic N) is 2. The molecule has 1 rings (SSSR count). The summed E-state index contributed by atoms with van der Waals surface area (Å²) in [6.07, 6.45) is 0.959. The van der Waals surface area contributed by atoms with Crippen molar-refractivity contribution in [2.24, 2.45) is 0 Å². The first-order chi connectivity index (χ1) is 7.06. The van der Waals surface area contributed by atoms with Crippen molar-refractivity contribution in [2.75, 3.05) is 12.3 Å². The summed E-state index contributed by atoms with van der Waals surface area (Å²) in [6.45, 7) is 8.67. The number of nitrogen functional groups attached to an aromatic ring is 1. The van der Waals surface area contributed by atoms with Crippen LogP contribution >= 0.6 is 0 Å². The van der Waals surface area contributed by atoms with E-state index < -0.39 is 0 Å². The van der Waals surface area contributed by atoms with Gasteiger partial charge in [0.15, 0.2) is 0 Å². The topological polar surface area (TPSA) is 61.0 Å². The van der Waals surface area contributed by atoms with E-state index in [1.165, 1.54) is 0 Å². The van der Waals surface area contributed by atoms with Gasteiger partial charge in [0.25, 0.3) is 0 Å². The van der Waals surface area contributed by atoms with E-state index in [9.17, 15) is 0 Å². The largest absolute Gasteiger partial charge is 0.477 e. The molecule has 0 amide bonds. The third-order valence-electron chi connectivity index (χ3n) is 2.12. The van der Waals surface area contributed by atoms with Crippen molar-refractivity contribution in [3.63, 3.8) is 0 Å². The van der Waals surface area contributed by atoms with Crippen LogP contribution < -0.4 is 10.5 Å². The summed E-state index contributed by atoms with van der Waals surface area (Å²) in [4.78, 5) is 8.58. The lowest BCUT2D eigenvalue weighted by atomic mass is 10.2. The van der Waals surface area contributed by atoms with Gasteiger partial charge < -0.3 is 10.5 Å². The molecule has 0 aromatic carbocycles. The number of rotatable bonds is 4. The monoisotopic (exact) mass is 209 g/mol. The smallest absolute Gasteiger partial charge is 0.221 e. The molecule has 0 unspecified atom stereocenters. The Balaban J connectivity index is 3.02. The fourth-order valence-corrected chi connectivity index (χ4v) is 1.13. The molecule has 15 heavy (non-hydrogen) atoms. The highest BCUT2D eigenvalue weighted by molar-refractivity contribution is 5.44. The van der Waals surface area contributed by atoms with E-state index in [0.29, 0.717) is 18.3 Å². The van der Waals surface area contributed by atoms with Crippen LogP contribution in [0.4, 0.5) is 5.82 Å². The van der Waals surface area contributed by atoms with Gasteiger partial charge in [-0.1, -0.05) is 20.8 Å². The number of hydrogen-bond donors (Lipinski definition) is 1. The van der Waals surface area contributed by atoms with Gasteiger partial charge in [0.2, 0.25) is 5.88 Å². The molecule has 1 aromatic rings. The lowest BCUT2D eigenvalue weighted by Gasteiger charge is -2.12. The van der Waals surface area contributed by atoms with Gasteiger partial charge >= 0.3 is 0 Å². The lowest BCUT2D eigenvalue weighted by Crippen LogP contribution is -2.08. The van der Waals surface area contributed by atoms with Crippen LogP contribution in [0.2, 0.25) is 0 Å². The maximum absolute atomic E-state index is 5.80. The summed E-state index contributed by atoms with van der Waals surface area (Å²) < 4.78 is 5.53. The highest BCUT2D eigenvalue weighted by Gasteiger charge is 2.11. The highest BCUT2D eigenvalue weighted by Crippen LogP contribution is 2.22. The number of hydrogen-bond acceptors (Lipinski definition) is 4. The van der Waals surface area contributed by atoms with Crippen LogP contribution in [0.5, 0.6) is 5.88 Å². The van der Waals surface area contributed by atoms with Crippen molar-refractivity contribution in [1.82, 2.24) is 9.97 Å². The van der Waals surface area contributed by atoms with E-state index in [-0.39, 0.29) is 5.92 Å². The molecule has 2 N–H and O–H groups in total. The van der Waals surface area contributed by atoms with Crippen molar-refractivity contribution in [1.29, 1.82) is 0 Å². The molecule has 0 saturated heterocycles. The fourth-order valence-electron chi connectivity index (χ4n) is 1.13. The van der Waals surface area contributed by atoms with E-state index in [4.69, 9.17) is 10.5 Å². The standard InChI is InChI=1S/C11H19N3O/c1-5-6-15-11-8(4)9(12)13-10(14-11)7(2)3/h7H,5-6H2,1-4H3,(H2,12,13,14). The highest BCUT2D eigenvalue weighted by atomic mass is 16.5. The molecule has 0 radical (unpaired) electrons. The van der Waals surface area contributed by atoms with Crippen molar-refractivity contribution in [3.05, 3.63) is 11.4 Å². The first-order valence-electron chi connectivity index (χ1n) is 5.33. The summed E-state index contributed by atoms with van der Waals surface area (Å²) in [5.74, 6) is 2.13. The number of anilines is 1. The van der Waals surface area contributed by atoms with Gasteiger partial charge in [-0.2, -0.15) is 4.98 Å². The summed E-state index contributed by atoms with van der Waals surface area (Å²) in [6, 6.07) is 0. The minimum atomic E-state index is 0.261.